The molecule has 0 saturated carbocycles. The molecule has 0 saturated heterocycles. The number of rotatable bonds is 7. The molecule has 1 aliphatic rings. The van der Waals surface area contributed by atoms with Crippen LogP contribution in [0.3, 0.4) is 0 Å². The van der Waals surface area contributed by atoms with Crippen LogP contribution in [0.15, 0.2) is 40.6 Å². The molecule has 146 valence electrons. The number of furan rings is 1. The molecule has 1 N–H and O–H groups in total. The van der Waals surface area contributed by atoms with Crippen molar-refractivity contribution in [3.05, 3.63) is 53.1 Å². The highest BCUT2D eigenvalue weighted by Crippen LogP contribution is 2.26. The van der Waals surface area contributed by atoms with Gasteiger partial charge in [-0.1, -0.05) is 11.6 Å². The number of hydrogen-bond donors (Lipinski definition) is 1. The second-order valence-electron chi connectivity index (χ2n) is 6.70. The summed E-state index contributed by atoms with van der Waals surface area (Å²) in [6.07, 6.45) is 11.1. The summed E-state index contributed by atoms with van der Waals surface area (Å²) in [5, 5.41) is 12.2. The smallest absolute Gasteiger partial charge is 0.343 e. The normalized spacial score (nSPS) is 13.5. The highest BCUT2D eigenvalue weighted by molar-refractivity contribution is 5.95. The molecular weight excluding hydrogens is 358 g/mol. The van der Waals surface area contributed by atoms with E-state index in [1.807, 2.05) is 6.07 Å². The van der Waals surface area contributed by atoms with Gasteiger partial charge in [0.1, 0.15) is 23.0 Å². The third kappa shape index (κ3) is 4.52. The number of nitrogens with one attached hydrogen (secondary N) is 1. The molecule has 7 heteroatoms. The minimum absolute atomic E-state index is 0.0476. The zero-order valence-corrected chi connectivity index (χ0v) is 15.9. The number of ether oxygens (including phenoxy) is 1. The summed E-state index contributed by atoms with van der Waals surface area (Å²) in [6, 6.07) is 5.56. The zero-order chi connectivity index (χ0) is 19.9. The molecule has 0 unspecified atom stereocenters. The zero-order valence-electron chi connectivity index (χ0n) is 15.9. The molecule has 0 bridgehead atoms. The van der Waals surface area contributed by atoms with Gasteiger partial charge in [0, 0.05) is 18.9 Å². The number of hydrogen-bond acceptors (Lipinski definition) is 5. The standard InChI is InChI=1S/C21H23N3O4/c1-15-19(17(13-22)20(28-15)24-11-5-6-12-24)21(26)27-14-18(25)23-10-9-16-7-3-2-4-8-16/h5-7,11-12H,2-4,8-10,14H2,1H3,(H,23,25). The van der Waals surface area contributed by atoms with Crippen LogP contribution >= 0.6 is 0 Å². The maximum Gasteiger partial charge on any atom is 0.343 e. The summed E-state index contributed by atoms with van der Waals surface area (Å²) < 4.78 is 12.3. The largest absolute Gasteiger partial charge is 0.452 e. The molecule has 3 rings (SSSR count). The second-order valence-corrected chi connectivity index (χ2v) is 6.70. The number of nitrogens with zero attached hydrogens (tertiary/aromatic N) is 2. The lowest BCUT2D eigenvalue weighted by atomic mass is 9.97. The molecule has 0 atom stereocenters. The van der Waals surface area contributed by atoms with Crippen LogP contribution in [-0.4, -0.2) is 29.6 Å². The number of amides is 1. The van der Waals surface area contributed by atoms with Crippen molar-refractivity contribution in [3.63, 3.8) is 0 Å². The quantitative estimate of drug-likeness (QED) is 0.585. The van der Waals surface area contributed by atoms with Gasteiger partial charge in [-0.3, -0.25) is 9.36 Å². The molecule has 1 amide bonds. The molecule has 28 heavy (non-hydrogen) atoms. The first kappa shape index (κ1) is 19.5. The Kier molecular flexibility index (Phi) is 6.33. The van der Waals surface area contributed by atoms with E-state index >= 15 is 0 Å². The Morgan fingerprint density at radius 2 is 2.11 bits per heavy atom. The Labute approximate surface area is 163 Å². The molecular formula is C21H23N3O4. The monoisotopic (exact) mass is 381 g/mol. The van der Waals surface area contributed by atoms with Gasteiger partial charge >= 0.3 is 5.97 Å². The number of esters is 1. The van der Waals surface area contributed by atoms with E-state index in [2.05, 4.69) is 11.4 Å². The van der Waals surface area contributed by atoms with Gasteiger partial charge in [0.25, 0.3) is 5.91 Å². The lowest BCUT2D eigenvalue weighted by Gasteiger charge is -2.13. The van der Waals surface area contributed by atoms with E-state index < -0.39 is 12.6 Å². The topological polar surface area (TPSA) is 97.3 Å². The molecule has 0 aromatic carbocycles. The summed E-state index contributed by atoms with van der Waals surface area (Å²) in [5.41, 5.74) is 1.50. The third-order valence-electron chi connectivity index (χ3n) is 4.71. The van der Waals surface area contributed by atoms with Crippen molar-refractivity contribution in [2.75, 3.05) is 13.2 Å². The van der Waals surface area contributed by atoms with E-state index in [-0.39, 0.29) is 28.7 Å². The summed E-state index contributed by atoms with van der Waals surface area (Å²) >= 11 is 0. The summed E-state index contributed by atoms with van der Waals surface area (Å²) in [5.74, 6) is -0.589. The molecule has 2 aromatic rings. The maximum absolute atomic E-state index is 12.4. The van der Waals surface area contributed by atoms with Crippen molar-refractivity contribution < 1.29 is 18.7 Å². The van der Waals surface area contributed by atoms with Crippen molar-refractivity contribution in [3.8, 4) is 12.0 Å². The van der Waals surface area contributed by atoms with Gasteiger partial charge in [-0.25, -0.2) is 4.79 Å². The molecule has 1 aliphatic carbocycles. The fourth-order valence-electron chi connectivity index (χ4n) is 3.28. The maximum atomic E-state index is 12.4. The van der Waals surface area contributed by atoms with E-state index in [1.54, 1.807) is 36.0 Å². The highest BCUT2D eigenvalue weighted by Gasteiger charge is 2.26. The number of allylic oxidation sites excluding steroid dienone is 1. The van der Waals surface area contributed by atoms with Crippen molar-refractivity contribution in [1.82, 2.24) is 9.88 Å². The second kappa shape index (κ2) is 9.09. The number of carbonyl (C=O) groups is 2. The fraction of sp³-hybridized carbons (Fsp3) is 0.381. The molecule has 0 aliphatic heterocycles. The van der Waals surface area contributed by atoms with Crippen LogP contribution in [0, 0.1) is 18.3 Å². The van der Waals surface area contributed by atoms with E-state index in [0.29, 0.717) is 6.54 Å². The average Bonchev–Trinajstić information content (AvgIpc) is 3.34. The first-order chi connectivity index (χ1) is 13.6. The first-order valence-corrected chi connectivity index (χ1v) is 9.38. The van der Waals surface area contributed by atoms with Gasteiger partial charge in [-0.15, -0.1) is 0 Å². The van der Waals surface area contributed by atoms with Crippen LogP contribution in [-0.2, 0) is 9.53 Å². The van der Waals surface area contributed by atoms with Gasteiger partial charge in [0.2, 0.25) is 5.88 Å². The van der Waals surface area contributed by atoms with Gasteiger partial charge in [-0.05, 0) is 51.2 Å². The van der Waals surface area contributed by atoms with Gasteiger partial charge in [0.15, 0.2) is 6.61 Å². The molecule has 0 fully saturated rings. The highest BCUT2D eigenvalue weighted by atomic mass is 16.5. The van der Waals surface area contributed by atoms with Crippen LogP contribution in [0.2, 0.25) is 0 Å². The van der Waals surface area contributed by atoms with Crippen molar-refractivity contribution >= 4 is 11.9 Å². The number of aryl methyl sites for hydroxylation is 1. The van der Waals surface area contributed by atoms with Gasteiger partial charge in [-0.2, -0.15) is 5.26 Å². The van der Waals surface area contributed by atoms with Crippen LogP contribution in [0.4, 0.5) is 0 Å². The first-order valence-electron chi connectivity index (χ1n) is 9.38. The molecule has 0 spiro atoms. The molecule has 7 nitrogen and oxygen atoms in total. The SMILES string of the molecule is Cc1oc(-n2cccc2)c(C#N)c1C(=O)OCC(=O)NCCC1=CCCCC1. The molecule has 2 heterocycles. The minimum Gasteiger partial charge on any atom is -0.452 e. The Morgan fingerprint density at radius 3 is 2.79 bits per heavy atom. The van der Waals surface area contributed by atoms with Crippen LogP contribution < -0.4 is 5.32 Å². The minimum atomic E-state index is -0.749. The van der Waals surface area contributed by atoms with E-state index in [9.17, 15) is 14.9 Å². The summed E-state index contributed by atoms with van der Waals surface area (Å²) in [6.45, 7) is 1.71. The van der Waals surface area contributed by atoms with Crippen LogP contribution in [0.5, 0.6) is 0 Å². The van der Waals surface area contributed by atoms with E-state index in [4.69, 9.17) is 9.15 Å². The van der Waals surface area contributed by atoms with Crippen molar-refractivity contribution in [2.24, 2.45) is 0 Å². The number of aromatic nitrogens is 1. The van der Waals surface area contributed by atoms with Crippen molar-refractivity contribution in [1.29, 1.82) is 5.26 Å². The van der Waals surface area contributed by atoms with Crippen LogP contribution in [0.25, 0.3) is 5.88 Å². The molecule has 2 aromatic heterocycles. The summed E-state index contributed by atoms with van der Waals surface area (Å²) in [7, 11) is 0. The molecule has 0 radical (unpaired) electrons. The van der Waals surface area contributed by atoms with E-state index in [1.165, 1.54) is 18.4 Å². The number of nitriles is 1. The Hall–Kier alpha value is -3.27. The van der Waals surface area contributed by atoms with Gasteiger partial charge < -0.3 is 14.5 Å². The van der Waals surface area contributed by atoms with E-state index in [0.717, 1.165) is 19.3 Å². The third-order valence-corrected chi connectivity index (χ3v) is 4.71. The average molecular weight is 381 g/mol. The Bertz CT molecular complexity index is 916. The predicted molar refractivity (Wildman–Crippen MR) is 102 cm³/mol. The predicted octanol–water partition coefficient (Wildman–Crippen LogP) is 3.41. The van der Waals surface area contributed by atoms with Crippen molar-refractivity contribution in [2.45, 2.75) is 39.0 Å². The fourth-order valence-corrected chi connectivity index (χ4v) is 3.28. The summed E-state index contributed by atoms with van der Waals surface area (Å²) in [4.78, 5) is 24.4. The van der Waals surface area contributed by atoms with Gasteiger partial charge in [0.05, 0.1) is 0 Å². The Morgan fingerprint density at radius 1 is 1.32 bits per heavy atom. The van der Waals surface area contributed by atoms with Crippen LogP contribution in [0.1, 0.15) is 53.8 Å². The number of carbonyl (C=O) groups excluding carboxylic acids is 2. The Balaban J connectivity index is 1.55. The lowest BCUT2D eigenvalue weighted by Crippen LogP contribution is -2.30. The lowest BCUT2D eigenvalue weighted by molar-refractivity contribution is -0.124.